The molecule has 0 radical (unpaired) electrons. The molecular weight excluding hydrogens is 290 g/mol. The third-order valence-electron chi connectivity index (χ3n) is 4.40. The van der Waals surface area contributed by atoms with Gasteiger partial charge in [-0.3, -0.25) is 0 Å². The summed E-state index contributed by atoms with van der Waals surface area (Å²) in [6.07, 6.45) is 4.39. The Balaban J connectivity index is 2.41. The number of rotatable bonds is 7. The topological polar surface area (TPSA) is 49.9 Å². The van der Waals surface area contributed by atoms with Crippen LogP contribution in [-0.4, -0.2) is 25.3 Å². The highest BCUT2D eigenvalue weighted by molar-refractivity contribution is 5.72. The van der Waals surface area contributed by atoms with Gasteiger partial charge >= 0.3 is 5.69 Å². The number of ether oxygens (including phenoxy) is 2. The van der Waals surface area contributed by atoms with Crippen molar-refractivity contribution in [1.82, 2.24) is 0 Å². The molecule has 1 saturated heterocycles. The van der Waals surface area contributed by atoms with Crippen LogP contribution in [0, 0.1) is 5.39 Å². The SMILES string of the molecule is CCC(C)Oc1cc(N2CCCC2)c(OC(C)CC)cc1[N+]#N. The van der Waals surface area contributed by atoms with Gasteiger partial charge in [-0.15, -0.1) is 0 Å². The summed E-state index contributed by atoms with van der Waals surface area (Å²) in [6.45, 7) is 10.3. The zero-order valence-corrected chi connectivity index (χ0v) is 14.7. The summed E-state index contributed by atoms with van der Waals surface area (Å²) in [5, 5.41) is 9.35. The molecule has 0 spiro atoms. The van der Waals surface area contributed by atoms with Gasteiger partial charge in [0.15, 0.2) is 10.7 Å². The van der Waals surface area contributed by atoms with Gasteiger partial charge in [-0.25, -0.2) is 0 Å². The maximum absolute atomic E-state index is 9.35. The Morgan fingerprint density at radius 2 is 1.61 bits per heavy atom. The Kier molecular flexibility index (Phi) is 6.09. The number of anilines is 1. The van der Waals surface area contributed by atoms with Crippen molar-refractivity contribution in [2.45, 2.75) is 65.6 Å². The number of nitrogens with zero attached hydrogens (tertiary/aromatic N) is 3. The second kappa shape index (κ2) is 8.05. The zero-order valence-electron chi connectivity index (χ0n) is 14.7. The van der Waals surface area contributed by atoms with Crippen LogP contribution in [0.1, 0.15) is 53.4 Å². The van der Waals surface area contributed by atoms with E-state index in [0.717, 1.165) is 37.4 Å². The Morgan fingerprint density at radius 3 is 2.13 bits per heavy atom. The molecule has 0 saturated carbocycles. The van der Waals surface area contributed by atoms with Crippen LogP contribution in [0.25, 0.3) is 4.98 Å². The zero-order chi connectivity index (χ0) is 16.8. The molecule has 1 fully saturated rings. The van der Waals surface area contributed by atoms with Crippen LogP contribution in [0.5, 0.6) is 11.5 Å². The molecule has 1 heterocycles. The lowest BCUT2D eigenvalue weighted by molar-refractivity contribution is 0.212. The molecule has 0 N–H and O–H groups in total. The van der Waals surface area contributed by atoms with Crippen LogP contribution >= 0.6 is 0 Å². The first kappa shape index (κ1) is 17.4. The van der Waals surface area contributed by atoms with E-state index in [2.05, 4.69) is 23.7 Å². The lowest BCUT2D eigenvalue weighted by Gasteiger charge is -2.24. The molecule has 0 amide bonds. The smallest absolute Gasteiger partial charge is 0.430 e. The van der Waals surface area contributed by atoms with E-state index in [1.165, 1.54) is 12.8 Å². The largest absolute Gasteiger partial charge is 0.488 e. The van der Waals surface area contributed by atoms with E-state index in [-0.39, 0.29) is 12.2 Å². The van der Waals surface area contributed by atoms with Crippen molar-refractivity contribution in [2.24, 2.45) is 0 Å². The minimum atomic E-state index is 0.0725. The highest BCUT2D eigenvalue weighted by atomic mass is 16.5. The van der Waals surface area contributed by atoms with E-state index in [1.54, 1.807) is 6.07 Å². The first-order valence-corrected chi connectivity index (χ1v) is 8.70. The fourth-order valence-electron chi connectivity index (χ4n) is 2.61. The maximum Gasteiger partial charge on any atom is 0.430 e. The van der Waals surface area contributed by atoms with Crippen molar-refractivity contribution in [3.05, 3.63) is 17.1 Å². The quantitative estimate of drug-likeness (QED) is 0.654. The molecule has 1 aromatic rings. The first-order valence-electron chi connectivity index (χ1n) is 8.70. The average molecular weight is 318 g/mol. The Morgan fingerprint density at radius 1 is 1.04 bits per heavy atom. The molecular formula is C18H28N3O2+. The number of benzene rings is 1. The lowest BCUT2D eigenvalue weighted by atomic mass is 10.2. The van der Waals surface area contributed by atoms with Gasteiger partial charge in [0.05, 0.1) is 24.0 Å². The van der Waals surface area contributed by atoms with Crippen molar-refractivity contribution < 1.29 is 9.47 Å². The molecule has 5 heteroatoms. The summed E-state index contributed by atoms with van der Waals surface area (Å²) in [7, 11) is 0. The van der Waals surface area contributed by atoms with Crippen molar-refractivity contribution in [2.75, 3.05) is 18.0 Å². The standard InChI is InChI=1S/C18H28N3O2/c1-5-13(3)22-17-12-16(21-9-7-8-10-21)18(11-15(17)20-19)23-14(4)6-2/h11-14H,5-10H2,1-4H3/q+1. The highest BCUT2D eigenvalue weighted by Gasteiger charge is 2.26. The second-order valence-electron chi connectivity index (χ2n) is 6.26. The van der Waals surface area contributed by atoms with E-state index in [1.807, 2.05) is 19.9 Å². The molecule has 2 rings (SSSR count). The molecule has 1 aromatic carbocycles. The van der Waals surface area contributed by atoms with Crippen molar-refractivity contribution in [3.63, 3.8) is 0 Å². The highest BCUT2D eigenvalue weighted by Crippen LogP contribution is 2.42. The molecule has 0 aliphatic carbocycles. The summed E-state index contributed by atoms with van der Waals surface area (Å²) in [5.41, 5.74) is 1.46. The van der Waals surface area contributed by atoms with Gasteiger partial charge in [0.1, 0.15) is 0 Å². The van der Waals surface area contributed by atoms with Crippen LogP contribution in [-0.2, 0) is 0 Å². The van der Waals surface area contributed by atoms with E-state index in [0.29, 0.717) is 11.4 Å². The monoisotopic (exact) mass is 318 g/mol. The fraction of sp³-hybridized carbons (Fsp3) is 0.667. The Labute approximate surface area is 139 Å². The molecule has 2 atom stereocenters. The predicted octanol–water partition coefficient (Wildman–Crippen LogP) is 5.13. The average Bonchev–Trinajstić information content (AvgIpc) is 3.09. The van der Waals surface area contributed by atoms with E-state index < -0.39 is 0 Å². The molecule has 0 bridgehead atoms. The molecule has 126 valence electrons. The van der Waals surface area contributed by atoms with Gasteiger partial charge in [0.25, 0.3) is 0 Å². The van der Waals surface area contributed by atoms with Crippen LogP contribution in [0.15, 0.2) is 12.1 Å². The minimum absolute atomic E-state index is 0.0725. The number of hydrogen-bond acceptors (Lipinski definition) is 4. The summed E-state index contributed by atoms with van der Waals surface area (Å²) in [5.74, 6) is 1.38. The van der Waals surface area contributed by atoms with E-state index in [4.69, 9.17) is 9.47 Å². The summed E-state index contributed by atoms with van der Waals surface area (Å²) < 4.78 is 12.0. The summed E-state index contributed by atoms with van der Waals surface area (Å²) in [4.78, 5) is 5.72. The van der Waals surface area contributed by atoms with Crippen molar-refractivity contribution >= 4 is 11.4 Å². The third-order valence-corrected chi connectivity index (χ3v) is 4.40. The molecule has 23 heavy (non-hydrogen) atoms. The van der Waals surface area contributed by atoms with Gasteiger partial charge < -0.3 is 14.4 Å². The van der Waals surface area contributed by atoms with Gasteiger partial charge in [-0.2, -0.15) is 0 Å². The molecule has 5 nitrogen and oxygen atoms in total. The molecule has 0 aromatic heterocycles. The molecule has 2 unspecified atom stereocenters. The molecule has 1 aliphatic rings. The Bertz CT molecular complexity index is 562. The second-order valence-corrected chi connectivity index (χ2v) is 6.26. The fourth-order valence-corrected chi connectivity index (χ4v) is 2.61. The van der Waals surface area contributed by atoms with Gasteiger partial charge in [0.2, 0.25) is 11.1 Å². The number of hydrogen-bond donors (Lipinski definition) is 0. The lowest BCUT2D eigenvalue weighted by Crippen LogP contribution is -2.20. The van der Waals surface area contributed by atoms with Crippen LogP contribution in [0.2, 0.25) is 0 Å². The first-order chi connectivity index (χ1) is 11.1. The normalized spacial score (nSPS) is 16.7. The Hall–Kier alpha value is -1.96. The van der Waals surface area contributed by atoms with Gasteiger partial charge in [0, 0.05) is 19.2 Å². The van der Waals surface area contributed by atoms with Crippen LogP contribution in [0.3, 0.4) is 0 Å². The molecule has 1 aliphatic heterocycles. The van der Waals surface area contributed by atoms with E-state index >= 15 is 0 Å². The van der Waals surface area contributed by atoms with Crippen molar-refractivity contribution in [1.29, 1.82) is 5.39 Å². The van der Waals surface area contributed by atoms with Gasteiger partial charge in [-0.1, -0.05) is 13.8 Å². The summed E-state index contributed by atoms with van der Waals surface area (Å²) >= 11 is 0. The summed E-state index contributed by atoms with van der Waals surface area (Å²) in [6, 6.07) is 3.75. The van der Waals surface area contributed by atoms with Crippen LogP contribution in [0.4, 0.5) is 11.4 Å². The number of diazo groups is 1. The predicted molar refractivity (Wildman–Crippen MR) is 93.4 cm³/mol. The maximum atomic E-state index is 9.35. The van der Waals surface area contributed by atoms with Crippen LogP contribution < -0.4 is 14.4 Å². The van der Waals surface area contributed by atoms with E-state index in [9.17, 15) is 5.39 Å². The minimum Gasteiger partial charge on any atom is -0.488 e. The van der Waals surface area contributed by atoms with Gasteiger partial charge in [-0.05, 0) is 39.5 Å². The van der Waals surface area contributed by atoms with Crippen molar-refractivity contribution in [3.8, 4) is 11.5 Å². The third kappa shape index (κ3) is 4.28.